The molecule has 0 bridgehead atoms. The molecule has 0 spiro atoms. The number of rotatable bonds is 10. The summed E-state index contributed by atoms with van der Waals surface area (Å²) >= 11 is 12.0. The summed E-state index contributed by atoms with van der Waals surface area (Å²) < 4.78 is 5.36. The third-order valence-corrected chi connectivity index (χ3v) is 4.04. The Hall–Kier alpha value is -2.55. The number of benzene rings is 2. The summed E-state index contributed by atoms with van der Waals surface area (Å²) in [5, 5.41) is 17.8. The second-order valence-corrected chi connectivity index (χ2v) is 6.38. The van der Waals surface area contributed by atoms with Crippen molar-refractivity contribution in [2.45, 2.75) is 6.54 Å². The summed E-state index contributed by atoms with van der Waals surface area (Å²) in [6, 6.07) is 9.33. The fourth-order valence-corrected chi connectivity index (χ4v) is 2.68. The Kier molecular flexibility index (Phi) is 7.66. The van der Waals surface area contributed by atoms with Crippen LogP contribution in [0.15, 0.2) is 36.4 Å². The van der Waals surface area contributed by atoms with Crippen molar-refractivity contribution in [1.29, 1.82) is 0 Å². The van der Waals surface area contributed by atoms with Crippen molar-refractivity contribution in [2.24, 2.45) is 5.73 Å². The summed E-state index contributed by atoms with van der Waals surface area (Å²) in [5.74, 6) is -0.0369. The minimum absolute atomic E-state index is 0.0619. The molecule has 2 aromatic rings. The summed E-state index contributed by atoms with van der Waals surface area (Å²) in [4.78, 5) is 21.1. The van der Waals surface area contributed by atoms with Crippen molar-refractivity contribution in [3.05, 3.63) is 62.1 Å². The van der Waals surface area contributed by atoms with E-state index < -0.39 is 10.8 Å². The van der Waals surface area contributed by atoms with E-state index in [1.807, 2.05) is 0 Å². The SMILES string of the molecule is NC(=O)COc1ccc(Cl)cc1CNCCNc1ccc([N+](=O)[O-])cc1Cl. The van der Waals surface area contributed by atoms with E-state index in [-0.39, 0.29) is 17.3 Å². The van der Waals surface area contributed by atoms with Gasteiger partial charge in [-0.25, -0.2) is 0 Å². The second kappa shape index (κ2) is 9.96. The van der Waals surface area contributed by atoms with Gasteiger partial charge in [-0.15, -0.1) is 0 Å². The smallest absolute Gasteiger partial charge is 0.271 e. The number of non-ortho nitro benzene ring substituents is 1. The van der Waals surface area contributed by atoms with Crippen LogP contribution in [0.1, 0.15) is 5.56 Å². The molecule has 2 rings (SSSR count). The average molecular weight is 413 g/mol. The van der Waals surface area contributed by atoms with Gasteiger partial charge in [0.15, 0.2) is 6.61 Å². The number of primary amides is 1. The maximum Gasteiger partial charge on any atom is 0.271 e. The summed E-state index contributed by atoms with van der Waals surface area (Å²) in [6.45, 7) is 1.36. The molecular formula is C17H18Cl2N4O4. The zero-order valence-corrected chi connectivity index (χ0v) is 15.7. The van der Waals surface area contributed by atoms with Gasteiger partial charge < -0.3 is 21.1 Å². The molecule has 8 nitrogen and oxygen atoms in total. The normalized spacial score (nSPS) is 10.4. The van der Waals surface area contributed by atoms with E-state index in [1.165, 1.54) is 12.1 Å². The number of carbonyl (C=O) groups is 1. The molecule has 0 unspecified atom stereocenters. The van der Waals surface area contributed by atoms with Crippen LogP contribution in [0.4, 0.5) is 11.4 Å². The lowest BCUT2D eigenvalue weighted by atomic mass is 10.2. The third-order valence-electron chi connectivity index (χ3n) is 3.49. The Bertz CT molecular complexity index is 833. The highest BCUT2D eigenvalue weighted by molar-refractivity contribution is 6.33. The Morgan fingerprint density at radius 1 is 1.19 bits per heavy atom. The number of ether oxygens (including phenoxy) is 1. The lowest BCUT2D eigenvalue weighted by Gasteiger charge is -2.13. The minimum atomic E-state index is -0.562. The molecule has 1 amide bonds. The van der Waals surface area contributed by atoms with E-state index in [0.717, 1.165) is 5.56 Å². The topological polar surface area (TPSA) is 120 Å². The van der Waals surface area contributed by atoms with Gasteiger partial charge in [-0.1, -0.05) is 23.2 Å². The molecule has 144 valence electrons. The number of nitro groups is 1. The van der Waals surface area contributed by atoms with Gasteiger partial charge in [0.25, 0.3) is 11.6 Å². The zero-order valence-electron chi connectivity index (χ0n) is 14.2. The van der Waals surface area contributed by atoms with Crippen molar-refractivity contribution >= 4 is 40.5 Å². The van der Waals surface area contributed by atoms with Crippen LogP contribution in [-0.4, -0.2) is 30.5 Å². The van der Waals surface area contributed by atoms with Crippen LogP contribution in [0, 0.1) is 10.1 Å². The molecule has 2 aromatic carbocycles. The van der Waals surface area contributed by atoms with Crippen LogP contribution < -0.4 is 21.1 Å². The number of anilines is 1. The van der Waals surface area contributed by atoms with Crippen molar-refractivity contribution in [2.75, 3.05) is 25.0 Å². The Morgan fingerprint density at radius 3 is 2.63 bits per heavy atom. The number of nitrogens with one attached hydrogen (secondary N) is 2. The van der Waals surface area contributed by atoms with Gasteiger partial charge in [0.2, 0.25) is 0 Å². The number of amides is 1. The Morgan fingerprint density at radius 2 is 1.96 bits per heavy atom. The molecule has 27 heavy (non-hydrogen) atoms. The molecular weight excluding hydrogens is 395 g/mol. The van der Waals surface area contributed by atoms with Crippen molar-refractivity contribution in [1.82, 2.24) is 5.32 Å². The number of nitro benzene ring substituents is 1. The Balaban J connectivity index is 1.84. The van der Waals surface area contributed by atoms with Gasteiger partial charge >= 0.3 is 0 Å². The van der Waals surface area contributed by atoms with Gasteiger partial charge in [-0.3, -0.25) is 14.9 Å². The number of nitrogens with zero attached hydrogens (tertiary/aromatic N) is 1. The summed E-state index contributed by atoms with van der Waals surface area (Å²) in [5.41, 5.74) is 6.43. The first-order chi connectivity index (χ1) is 12.9. The van der Waals surface area contributed by atoms with E-state index in [1.54, 1.807) is 24.3 Å². The van der Waals surface area contributed by atoms with E-state index in [4.69, 9.17) is 33.7 Å². The van der Waals surface area contributed by atoms with Crippen LogP contribution in [0.2, 0.25) is 10.0 Å². The van der Waals surface area contributed by atoms with E-state index >= 15 is 0 Å². The quantitative estimate of drug-likeness (QED) is 0.313. The largest absolute Gasteiger partial charge is 0.483 e. The maximum atomic E-state index is 10.9. The predicted octanol–water partition coefficient (Wildman–Crippen LogP) is 2.97. The third kappa shape index (κ3) is 6.59. The van der Waals surface area contributed by atoms with Crippen LogP contribution in [0.5, 0.6) is 5.75 Å². The monoisotopic (exact) mass is 412 g/mol. The van der Waals surface area contributed by atoms with E-state index in [0.29, 0.717) is 36.1 Å². The first-order valence-electron chi connectivity index (χ1n) is 7.95. The molecule has 0 atom stereocenters. The van der Waals surface area contributed by atoms with Gasteiger partial charge in [-0.2, -0.15) is 0 Å². The maximum absolute atomic E-state index is 10.9. The highest BCUT2D eigenvalue weighted by Crippen LogP contribution is 2.26. The Labute approximate surface area is 165 Å². The first-order valence-corrected chi connectivity index (χ1v) is 8.70. The molecule has 4 N–H and O–H groups in total. The molecule has 0 fully saturated rings. The summed E-state index contributed by atoms with van der Waals surface area (Å²) in [7, 11) is 0. The minimum Gasteiger partial charge on any atom is -0.483 e. The summed E-state index contributed by atoms with van der Waals surface area (Å²) in [6.07, 6.45) is 0. The predicted molar refractivity (Wildman–Crippen MR) is 104 cm³/mol. The van der Waals surface area contributed by atoms with Crippen LogP contribution in [0.3, 0.4) is 0 Å². The highest BCUT2D eigenvalue weighted by atomic mass is 35.5. The van der Waals surface area contributed by atoms with Crippen LogP contribution in [0.25, 0.3) is 0 Å². The fraction of sp³-hybridized carbons (Fsp3) is 0.235. The number of halogens is 2. The molecule has 0 aliphatic heterocycles. The van der Waals surface area contributed by atoms with Crippen LogP contribution in [-0.2, 0) is 11.3 Å². The fourth-order valence-electron chi connectivity index (χ4n) is 2.25. The van der Waals surface area contributed by atoms with E-state index in [2.05, 4.69) is 10.6 Å². The second-order valence-electron chi connectivity index (χ2n) is 5.53. The van der Waals surface area contributed by atoms with Gasteiger partial charge in [0, 0.05) is 42.4 Å². The zero-order chi connectivity index (χ0) is 19.8. The van der Waals surface area contributed by atoms with Crippen LogP contribution >= 0.6 is 23.2 Å². The molecule has 10 heteroatoms. The number of hydrogen-bond acceptors (Lipinski definition) is 6. The van der Waals surface area contributed by atoms with Crippen molar-refractivity contribution < 1.29 is 14.5 Å². The van der Waals surface area contributed by atoms with Crippen molar-refractivity contribution in [3.8, 4) is 5.75 Å². The van der Waals surface area contributed by atoms with Crippen molar-refractivity contribution in [3.63, 3.8) is 0 Å². The molecule has 0 radical (unpaired) electrons. The van der Waals surface area contributed by atoms with E-state index in [9.17, 15) is 14.9 Å². The van der Waals surface area contributed by atoms with Gasteiger partial charge in [-0.05, 0) is 24.3 Å². The molecule has 0 saturated heterocycles. The molecule has 0 aliphatic rings. The lowest BCUT2D eigenvalue weighted by Crippen LogP contribution is -2.23. The lowest BCUT2D eigenvalue weighted by molar-refractivity contribution is -0.384. The average Bonchev–Trinajstić information content (AvgIpc) is 2.61. The highest BCUT2D eigenvalue weighted by Gasteiger charge is 2.09. The molecule has 0 heterocycles. The number of hydrogen-bond donors (Lipinski definition) is 3. The standard InChI is InChI=1S/C17H18Cl2N4O4/c18-12-1-4-16(27-10-17(20)24)11(7-12)9-21-5-6-22-15-3-2-13(23(25)26)8-14(15)19/h1-4,7-8,21-22H,5-6,9-10H2,(H2,20,24). The molecule has 0 aromatic heterocycles. The number of nitrogens with two attached hydrogens (primary N) is 1. The molecule has 0 aliphatic carbocycles. The first kappa shape index (κ1) is 20.8. The van der Waals surface area contributed by atoms with Gasteiger partial charge in [0.1, 0.15) is 5.75 Å². The molecule has 0 saturated carbocycles. The van der Waals surface area contributed by atoms with Gasteiger partial charge in [0.05, 0.1) is 15.6 Å². The number of carbonyl (C=O) groups excluding carboxylic acids is 1.